The van der Waals surface area contributed by atoms with Crippen molar-refractivity contribution in [1.29, 1.82) is 0 Å². The number of carboxylic acids is 2. The minimum atomic E-state index is -1.13. The van der Waals surface area contributed by atoms with Crippen molar-refractivity contribution in [2.75, 3.05) is 0 Å². The van der Waals surface area contributed by atoms with E-state index in [0.717, 1.165) is 11.8 Å². The van der Waals surface area contributed by atoms with Crippen LogP contribution in [0, 0.1) is 0 Å². The molecule has 0 saturated carbocycles. The van der Waals surface area contributed by atoms with E-state index in [2.05, 4.69) is 9.97 Å². The highest BCUT2D eigenvalue weighted by Gasteiger charge is 2.11. The molecule has 31 heavy (non-hydrogen) atoms. The average Bonchev–Trinajstić information content (AvgIpc) is 2.78. The van der Waals surface area contributed by atoms with Gasteiger partial charge in [0, 0.05) is 24.8 Å². The van der Waals surface area contributed by atoms with Crippen LogP contribution in [-0.2, 0) is 11.3 Å². The van der Waals surface area contributed by atoms with Crippen LogP contribution in [0.25, 0.3) is 0 Å². The number of pyridine rings is 2. The first-order valence-electron chi connectivity index (χ1n) is 8.65. The second-order valence-electron chi connectivity index (χ2n) is 5.96. The molecule has 1 amide bonds. The van der Waals surface area contributed by atoms with Crippen LogP contribution < -0.4 is 5.73 Å². The normalized spacial score (nSPS) is 9.68. The SMILES string of the molecule is NC(=O)c1cncc(C(=O)O)c1.O=C(O)c1cncc(C(=O)OCc2ccccc2)c1. The molecular weight excluding hydrogens is 406 g/mol. The molecule has 0 aliphatic heterocycles. The first-order chi connectivity index (χ1) is 14.8. The summed E-state index contributed by atoms with van der Waals surface area (Å²) in [7, 11) is 0. The van der Waals surface area contributed by atoms with E-state index in [1.165, 1.54) is 30.7 Å². The van der Waals surface area contributed by atoms with Crippen LogP contribution in [-0.4, -0.2) is 44.0 Å². The summed E-state index contributed by atoms with van der Waals surface area (Å²) in [5.74, 6) is -3.55. The van der Waals surface area contributed by atoms with Gasteiger partial charge in [0.15, 0.2) is 0 Å². The summed E-state index contributed by atoms with van der Waals surface area (Å²) >= 11 is 0. The summed E-state index contributed by atoms with van der Waals surface area (Å²) in [5, 5.41) is 17.3. The summed E-state index contributed by atoms with van der Waals surface area (Å²) in [6.07, 6.45) is 4.82. The molecule has 0 unspecified atom stereocenters. The van der Waals surface area contributed by atoms with Gasteiger partial charge in [0.25, 0.3) is 0 Å². The molecule has 0 spiro atoms. The van der Waals surface area contributed by atoms with E-state index < -0.39 is 23.8 Å². The number of carbonyl (C=O) groups is 4. The second-order valence-corrected chi connectivity index (χ2v) is 5.96. The quantitative estimate of drug-likeness (QED) is 0.502. The maximum absolute atomic E-state index is 11.7. The Morgan fingerprint density at radius 1 is 0.774 bits per heavy atom. The van der Waals surface area contributed by atoms with Crippen molar-refractivity contribution in [2.24, 2.45) is 5.73 Å². The lowest BCUT2D eigenvalue weighted by Gasteiger charge is -2.05. The molecule has 0 fully saturated rings. The Morgan fingerprint density at radius 3 is 1.77 bits per heavy atom. The van der Waals surface area contributed by atoms with Gasteiger partial charge < -0.3 is 20.7 Å². The van der Waals surface area contributed by atoms with Crippen molar-refractivity contribution < 1.29 is 34.1 Å². The lowest BCUT2D eigenvalue weighted by molar-refractivity contribution is 0.0471. The van der Waals surface area contributed by atoms with Gasteiger partial charge >= 0.3 is 17.9 Å². The standard InChI is InChI=1S/C14H11NO4.C7H6N2O3/c16-13(17)11-6-12(8-15-7-11)14(18)19-9-10-4-2-1-3-5-10;8-6(10)4-1-5(7(11)12)3-9-2-4/h1-8H,9H2,(H,16,17);1-3H,(H2,8,10)(H,11,12). The minimum Gasteiger partial charge on any atom is -0.478 e. The molecule has 0 aliphatic carbocycles. The number of aromatic carboxylic acids is 2. The highest BCUT2D eigenvalue weighted by molar-refractivity contribution is 5.96. The fourth-order valence-electron chi connectivity index (χ4n) is 2.17. The number of amides is 1. The number of nitrogens with two attached hydrogens (primary N) is 1. The van der Waals surface area contributed by atoms with Gasteiger partial charge in [-0.05, 0) is 17.7 Å². The molecule has 2 aromatic heterocycles. The zero-order valence-electron chi connectivity index (χ0n) is 16.0. The largest absolute Gasteiger partial charge is 0.478 e. The van der Waals surface area contributed by atoms with E-state index in [-0.39, 0.29) is 28.9 Å². The van der Waals surface area contributed by atoms with Crippen molar-refractivity contribution in [3.05, 3.63) is 95.1 Å². The van der Waals surface area contributed by atoms with Crippen LogP contribution in [0.2, 0.25) is 0 Å². The van der Waals surface area contributed by atoms with Crippen LogP contribution in [0.3, 0.4) is 0 Å². The van der Waals surface area contributed by atoms with E-state index in [1.54, 1.807) is 0 Å². The fourth-order valence-corrected chi connectivity index (χ4v) is 2.17. The maximum atomic E-state index is 11.7. The van der Waals surface area contributed by atoms with Gasteiger partial charge in [0.1, 0.15) is 6.61 Å². The first-order valence-corrected chi connectivity index (χ1v) is 8.65. The smallest absolute Gasteiger partial charge is 0.340 e. The third-order valence-corrected chi connectivity index (χ3v) is 3.70. The summed E-state index contributed by atoms with van der Waals surface area (Å²) in [5.41, 5.74) is 5.89. The third-order valence-electron chi connectivity index (χ3n) is 3.70. The number of esters is 1. The van der Waals surface area contributed by atoms with Crippen LogP contribution in [0.15, 0.2) is 67.3 Å². The Kier molecular flexibility index (Phi) is 7.91. The Labute approximate surface area is 176 Å². The molecule has 3 rings (SSSR count). The van der Waals surface area contributed by atoms with Crippen LogP contribution >= 0.6 is 0 Å². The van der Waals surface area contributed by atoms with Gasteiger partial charge in [-0.25, -0.2) is 14.4 Å². The van der Waals surface area contributed by atoms with Crippen molar-refractivity contribution in [3.8, 4) is 0 Å². The van der Waals surface area contributed by atoms with Gasteiger partial charge in [-0.3, -0.25) is 14.8 Å². The van der Waals surface area contributed by atoms with Crippen molar-refractivity contribution >= 4 is 23.8 Å². The molecule has 1 aromatic carbocycles. The molecule has 10 heteroatoms. The Balaban J connectivity index is 0.000000245. The number of rotatable bonds is 6. The molecular formula is C21H17N3O7. The predicted molar refractivity (Wildman–Crippen MR) is 106 cm³/mol. The number of carboxylic acid groups (broad SMARTS) is 2. The number of primary amides is 1. The third kappa shape index (κ3) is 7.06. The van der Waals surface area contributed by atoms with E-state index in [9.17, 15) is 19.2 Å². The zero-order chi connectivity index (χ0) is 22.8. The number of aromatic nitrogens is 2. The average molecular weight is 423 g/mol. The summed E-state index contributed by atoms with van der Waals surface area (Å²) in [4.78, 5) is 50.7. The second kappa shape index (κ2) is 10.8. The highest BCUT2D eigenvalue weighted by atomic mass is 16.5. The highest BCUT2D eigenvalue weighted by Crippen LogP contribution is 2.07. The Hall–Kier alpha value is -4.60. The van der Waals surface area contributed by atoms with Crippen molar-refractivity contribution in [1.82, 2.24) is 9.97 Å². The number of hydrogen-bond acceptors (Lipinski definition) is 7. The predicted octanol–water partition coefficient (Wildman–Crippen LogP) is 2.02. The molecule has 2 heterocycles. The van der Waals surface area contributed by atoms with Crippen molar-refractivity contribution in [3.63, 3.8) is 0 Å². The number of ether oxygens (including phenoxy) is 1. The molecule has 0 atom stereocenters. The molecule has 0 radical (unpaired) electrons. The van der Waals surface area contributed by atoms with Crippen LogP contribution in [0.1, 0.15) is 47.0 Å². The van der Waals surface area contributed by atoms with Gasteiger partial charge in [-0.15, -0.1) is 0 Å². The Bertz CT molecular complexity index is 1070. The summed E-state index contributed by atoms with van der Waals surface area (Å²) in [6, 6.07) is 11.6. The molecule has 3 aromatic rings. The number of nitrogens with zero attached hydrogens (tertiary/aromatic N) is 2. The van der Waals surface area contributed by atoms with Crippen LogP contribution in [0.4, 0.5) is 0 Å². The van der Waals surface area contributed by atoms with Gasteiger partial charge in [-0.1, -0.05) is 30.3 Å². The van der Waals surface area contributed by atoms with Gasteiger partial charge in [0.2, 0.25) is 5.91 Å². The fraction of sp³-hybridized carbons (Fsp3) is 0.0476. The molecule has 158 valence electrons. The summed E-state index contributed by atoms with van der Waals surface area (Å²) in [6.45, 7) is 0.136. The van der Waals surface area contributed by atoms with E-state index in [1.807, 2.05) is 30.3 Å². The maximum Gasteiger partial charge on any atom is 0.340 e. The topological polar surface area (TPSA) is 170 Å². The molecule has 4 N–H and O–H groups in total. The monoisotopic (exact) mass is 423 g/mol. The molecule has 0 aliphatic rings. The number of benzene rings is 1. The van der Waals surface area contributed by atoms with E-state index in [4.69, 9.17) is 20.7 Å². The van der Waals surface area contributed by atoms with Crippen molar-refractivity contribution in [2.45, 2.75) is 6.61 Å². The zero-order valence-corrected chi connectivity index (χ0v) is 16.0. The molecule has 10 nitrogen and oxygen atoms in total. The van der Waals surface area contributed by atoms with E-state index >= 15 is 0 Å². The number of carbonyl (C=O) groups excluding carboxylic acids is 2. The van der Waals surface area contributed by atoms with Gasteiger partial charge in [-0.2, -0.15) is 0 Å². The van der Waals surface area contributed by atoms with Crippen LogP contribution in [0.5, 0.6) is 0 Å². The molecule has 0 bridgehead atoms. The van der Waals surface area contributed by atoms with E-state index in [0.29, 0.717) is 0 Å². The lowest BCUT2D eigenvalue weighted by atomic mass is 10.2. The minimum absolute atomic E-state index is 0.0471. The van der Waals surface area contributed by atoms with Gasteiger partial charge in [0.05, 0.1) is 22.3 Å². The molecule has 0 saturated heterocycles. The summed E-state index contributed by atoms with van der Waals surface area (Å²) < 4.78 is 5.08. The number of hydrogen-bond donors (Lipinski definition) is 3. The Morgan fingerprint density at radius 2 is 1.26 bits per heavy atom. The lowest BCUT2D eigenvalue weighted by Crippen LogP contribution is -2.12. The first kappa shape index (κ1) is 22.7.